The van der Waals surface area contributed by atoms with Crippen LogP contribution in [0.5, 0.6) is 0 Å². The maximum atomic E-state index is 13.2. The summed E-state index contributed by atoms with van der Waals surface area (Å²) in [6, 6.07) is 16.8. The Morgan fingerprint density at radius 3 is 2.39 bits per heavy atom. The molecule has 1 aliphatic heterocycles. The minimum absolute atomic E-state index is 0.193. The lowest BCUT2D eigenvalue weighted by Crippen LogP contribution is -2.49. The Bertz CT molecular complexity index is 1010. The van der Waals surface area contributed by atoms with Crippen LogP contribution in [0.3, 0.4) is 0 Å². The Labute approximate surface area is 163 Å². The molecule has 0 aliphatic carbocycles. The largest absolute Gasteiger partial charge is 0.467 e. The molecule has 6 nitrogen and oxygen atoms in total. The maximum absolute atomic E-state index is 13.2. The number of hydrogen-bond donors (Lipinski definition) is 0. The lowest BCUT2D eigenvalue weighted by molar-refractivity contribution is -0.146. The van der Waals surface area contributed by atoms with Crippen molar-refractivity contribution >= 4 is 11.9 Å². The van der Waals surface area contributed by atoms with E-state index in [-0.39, 0.29) is 5.91 Å². The van der Waals surface area contributed by atoms with Gasteiger partial charge in [0.1, 0.15) is 6.04 Å². The quantitative estimate of drug-likeness (QED) is 0.661. The number of fused-ring (bicyclic) bond motifs is 1. The van der Waals surface area contributed by atoms with Crippen LogP contribution < -0.4 is 0 Å². The zero-order valence-electron chi connectivity index (χ0n) is 15.8. The monoisotopic (exact) mass is 375 g/mol. The van der Waals surface area contributed by atoms with Crippen molar-refractivity contribution in [2.24, 2.45) is 7.05 Å². The van der Waals surface area contributed by atoms with E-state index >= 15 is 0 Å². The first-order valence-corrected chi connectivity index (χ1v) is 9.12. The fraction of sp³-hybridized carbons (Fsp3) is 0.227. The van der Waals surface area contributed by atoms with Crippen LogP contribution in [0.25, 0.3) is 11.1 Å². The highest BCUT2D eigenvalue weighted by Gasteiger charge is 2.37. The molecule has 0 saturated carbocycles. The smallest absolute Gasteiger partial charge is 0.329 e. The van der Waals surface area contributed by atoms with Crippen molar-refractivity contribution in [1.29, 1.82) is 0 Å². The van der Waals surface area contributed by atoms with Gasteiger partial charge in [-0.15, -0.1) is 0 Å². The van der Waals surface area contributed by atoms with Gasteiger partial charge in [-0.2, -0.15) is 0 Å². The molecule has 2 aromatic carbocycles. The molecule has 3 aromatic rings. The zero-order chi connectivity index (χ0) is 19.7. The van der Waals surface area contributed by atoms with Crippen molar-refractivity contribution in [2.75, 3.05) is 7.11 Å². The highest BCUT2D eigenvalue weighted by atomic mass is 16.5. The molecular weight excluding hydrogens is 354 g/mol. The van der Waals surface area contributed by atoms with E-state index in [1.54, 1.807) is 23.4 Å². The molecule has 1 amide bonds. The highest BCUT2D eigenvalue weighted by molar-refractivity contribution is 5.97. The third-order valence-electron chi connectivity index (χ3n) is 5.20. The van der Waals surface area contributed by atoms with Crippen LogP contribution in [0.1, 0.15) is 21.7 Å². The van der Waals surface area contributed by atoms with E-state index in [0.29, 0.717) is 18.5 Å². The summed E-state index contributed by atoms with van der Waals surface area (Å²) in [6.07, 6.45) is 2.07. The number of carbonyl (C=O) groups excluding carboxylic acids is 2. The molecule has 0 fully saturated rings. The van der Waals surface area contributed by atoms with Gasteiger partial charge in [-0.25, -0.2) is 9.78 Å². The molecular formula is C22H21N3O3. The second kappa shape index (κ2) is 7.31. The number of esters is 1. The third-order valence-corrected chi connectivity index (χ3v) is 5.20. The number of carbonyl (C=O) groups is 2. The summed E-state index contributed by atoms with van der Waals surface area (Å²) in [5.41, 5.74) is 4.44. The molecule has 0 spiro atoms. The number of amides is 1. The van der Waals surface area contributed by atoms with Gasteiger partial charge in [-0.05, 0) is 23.3 Å². The highest BCUT2D eigenvalue weighted by Crippen LogP contribution is 2.26. The fourth-order valence-corrected chi connectivity index (χ4v) is 3.60. The lowest BCUT2D eigenvalue weighted by Gasteiger charge is -2.33. The Morgan fingerprint density at radius 1 is 1.04 bits per heavy atom. The summed E-state index contributed by atoms with van der Waals surface area (Å²) in [7, 11) is 3.23. The van der Waals surface area contributed by atoms with E-state index in [1.165, 1.54) is 7.11 Å². The van der Waals surface area contributed by atoms with E-state index in [0.717, 1.165) is 22.5 Å². The number of hydrogen-bond acceptors (Lipinski definition) is 4. The second-order valence-corrected chi connectivity index (χ2v) is 6.87. The van der Waals surface area contributed by atoms with E-state index in [9.17, 15) is 9.59 Å². The number of imidazole rings is 1. The predicted molar refractivity (Wildman–Crippen MR) is 104 cm³/mol. The number of nitrogens with zero attached hydrogens (tertiary/aromatic N) is 3. The van der Waals surface area contributed by atoms with Gasteiger partial charge in [0, 0.05) is 19.0 Å². The van der Waals surface area contributed by atoms with Crippen molar-refractivity contribution in [1.82, 2.24) is 14.5 Å². The van der Waals surface area contributed by atoms with Crippen LogP contribution >= 0.6 is 0 Å². The molecule has 1 atom stereocenters. The Morgan fingerprint density at radius 2 is 1.71 bits per heavy atom. The number of methoxy groups -OCH3 is 1. The predicted octanol–water partition coefficient (Wildman–Crippen LogP) is 2.83. The third kappa shape index (κ3) is 3.17. The fourth-order valence-electron chi connectivity index (χ4n) is 3.60. The van der Waals surface area contributed by atoms with Gasteiger partial charge in [-0.1, -0.05) is 42.5 Å². The lowest BCUT2D eigenvalue weighted by atomic mass is 9.99. The molecule has 4 rings (SSSR count). The van der Waals surface area contributed by atoms with Crippen molar-refractivity contribution in [2.45, 2.75) is 19.0 Å². The van der Waals surface area contributed by atoms with Crippen LogP contribution in [0, 0.1) is 0 Å². The van der Waals surface area contributed by atoms with Crippen LogP contribution in [-0.4, -0.2) is 39.5 Å². The summed E-state index contributed by atoms with van der Waals surface area (Å²) >= 11 is 0. The van der Waals surface area contributed by atoms with Crippen molar-refractivity contribution in [3.8, 4) is 11.1 Å². The second-order valence-electron chi connectivity index (χ2n) is 6.87. The molecule has 0 N–H and O–H groups in total. The summed E-state index contributed by atoms with van der Waals surface area (Å²) in [5.74, 6) is -0.618. The summed E-state index contributed by atoms with van der Waals surface area (Å²) in [5, 5.41) is 0. The SMILES string of the molecule is COC(=O)C1Cc2ncn(C)c2CN1C(=O)c1ccc(-c2ccccc2)cc1. The maximum Gasteiger partial charge on any atom is 0.329 e. The molecule has 0 bridgehead atoms. The average molecular weight is 375 g/mol. The number of benzene rings is 2. The van der Waals surface area contributed by atoms with Gasteiger partial charge in [0.25, 0.3) is 5.91 Å². The number of ether oxygens (including phenoxy) is 1. The van der Waals surface area contributed by atoms with Crippen LogP contribution in [0.2, 0.25) is 0 Å². The molecule has 1 unspecified atom stereocenters. The van der Waals surface area contributed by atoms with E-state index in [4.69, 9.17) is 4.74 Å². The van der Waals surface area contributed by atoms with Crippen molar-refractivity contribution < 1.29 is 14.3 Å². The first kappa shape index (κ1) is 18.0. The summed E-state index contributed by atoms with van der Waals surface area (Å²) in [4.78, 5) is 31.5. The normalized spacial score (nSPS) is 15.8. The van der Waals surface area contributed by atoms with Gasteiger partial charge >= 0.3 is 5.97 Å². The van der Waals surface area contributed by atoms with E-state index in [2.05, 4.69) is 4.98 Å². The Balaban J connectivity index is 1.63. The zero-order valence-corrected chi connectivity index (χ0v) is 15.8. The van der Waals surface area contributed by atoms with Gasteiger partial charge in [0.2, 0.25) is 0 Å². The minimum Gasteiger partial charge on any atom is -0.467 e. The van der Waals surface area contributed by atoms with Gasteiger partial charge in [-0.3, -0.25) is 4.79 Å². The molecule has 142 valence electrons. The van der Waals surface area contributed by atoms with Crippen molar-refractivity contribution in [3.63, 3.8) is 0 Å². The van der Waals surface area contributed by atoms with E-state index in [1.807, 2.05) is 54.1 Å². The number of aryl methyl sites for hydroxylation is 1. The topological polar surface area (TPSA) is 64.4 Å². The van der Waals surface area contributed by atoms with Crippen LogP contribution in [-0.2, 0) is 29.5 Å². The Kier molecular flexibility index (Phi) is 4.69. The Hall–Kier alpha value is -3.41. The van der Waals surface area contributed by atoms with Crippen molar-refractivity contribution in [3.05, 3.63) is 77.9 Å². The molecule has 28 heavy (non-hydrogen) atoms. The molecule has 6 heteroatoms. The van der Waals surface area contributed by atoms with E-state index < -0.39 is 12.0 Å². The first-order chi connectivity index (χ1) is 13.6. The number of aromatic nitrogens is 2. The number of rotatable bonds is 3. The molecule has 0 saturated heterocycles. The van der Waals surface area contributed by atoms with Gasteiger partial charge in [0.15, 0.2) is 0 Å². The standard InChI is InChI=1S/C22H21N3O3/c1-24-14-23-18-12-19(22(27)28-2)25(13-20(18)24)21(26)17-10-8-16(9-11-17)15-6-4-3-5-7-15/h3-11,14,19H,12-13H2,1-2H3. The van der Waals surface area contributed by atoms with Gasteiger partial charge in [0.05, 0.1) is 31.4 Å². The van der Waals surface area contributed by atoms with Crippen LogP contribution in [0.4, 0.5) is 0 Å². The molecule has 1 aromatic heterocycles. The molecule has 1 aliphatic rings. The molecule has 2 heterocycles. The minimum atomic E-state index is -0.673. The summed E-state index contributed by atoms with van der Waals surface area (Å²) < 4.78 is 6.83. The molecule has 0 radical (unpaired) electrons. The summed E-state index contributed by atoms with van der Waals surface area (Å²) in [6.45, 7) is 0.324. The first-order valence-electron chi connectivity index (χ1n) is 9.12. The van der Waals surface area contributed by atoms with Gasteiger partial charge < -0.3 is 14.2 Å². The van der Waals surface area contributed by atoms with Crippen LogP contribution in [0.15, 0.2) is 60.9 Å². The average Bonchev–Trinajstić information content (AvgIpc) is 3.12.